The lowest BCUT2D eigenvalue weighted by atomic mass is 9.68. The van der Waals surface area contributed by atoms with E-state index in [2.05, 4.69) is 0 Å². The zero-order valence-corrected chi connectivity index (χ0v) is 14.0. The van der Waals surface area contributed by atoms with E-state index < -0.39 is 16.3 Å². The number of carbonyl (C=O) groups is 2. The summed E-state index contributed by atoms with van der Waals surface area (Å²) in [6, 6.07) is 12.5. The summed E-state index contributed by atoms with van der Waals surface area (Å²) in [7, 11) is 0. The Morgan fingerprint density at radius 3 is 2.29 bits per heavy atom. The Kier molecular flexibility index (Phi) is 5.14. The van der Waals surface area contributed by atoms with E-state index in [1.165, 1.54) is 25.1 Å². The third kappa shape index (κ3) is 3.21. The van der Waals surface area contributed by atoms with E-state index in [-0.39, 0.29) is 17.0 Å². The fraction of sp³-hybridized carbons (Fsp3) is 0.222. The molecule has 0 bridgehead atoms. The van der Waals surface area contributed by atoms with Crippen molar-refractivity contribution in [2.45, 2.75) is 25.2 Å². The summed E-state index contributed by atoms with van der Waals surface area (Å²) in [6.07, 6.45) is 0.666. The van der Waals surface area contributed by atoms with Crippen LogP contribution < -0.4 is 0 Å². The number of aldehydes is 1. The number of nitro groups is 1. The Morgan fingerprint density at radius 2 is 1.79 bits per heavy atom. The van der Waals surface area contributed by atoms with Crippen molar-refractivity contribution in [3.05, 3.63) is 74.8 Å². The van der Waals surface area contributed by atoms with Crippen LogP contribution in [0.4, 0.5) is 5.69 Å². The topological polar surface area (TPSA) is 77.3 Å². The van der Waals surface area contributed by atoms with E-state index in [1.54, 1.807) is 37.3 Å². The van der Waals surface area contributed by atoms with Crippen molar-refractivity contribution in [1.29, 1.82) is 0 Å². The second-order valence-corrected chi connectivity index (χ2v) is 6.20. The molecule has 0 saturated carbocycles. The molecule has 0 aliphatic heterocycles. The lowest BCUT2D eigenvalue weighted by Crippen LogP contribution is -2.36. The fourth-order valence-corrected chi connectivity index (χ4v) is 3.10. The molecule has 2 unspecified atom stereocenters. The third-order valence-electron chi connectivity index (χ3n) is 4.16. The highest BCUT2D eigenvalue weighted by Crippen LogP contribution is 2.41. The van der Waals surface area contributed by atoms with Gasteiger partial charge in [-0.1, -0.05) is 41.9 Å². The second kappa shape index (κ2) is 6.93. The summed E-state index contributed by atoms with van der Waals surface area (Å²) >= 11 is 5.89. The van der Waals surface area contributed by atoms with Crippen LogP contribution in [0.5, 0.6) is 0 Å². The normalized spacial score (nSPS) is 14.5. The van der Waals surface area contributed by atoms with Gasteiger partial charge >= 0.3 is 0 Å². The molecule has 0 aromatic heterocycles. The lowest BCUT2D eigenvalue weighted by Gasteiger charge is -2.32. The Hall–Kier alpha value is -2.53. The first-order chi connectivity index (χ1) is 11.3. The molecule has 0 N–H and O–H groups in total. The van der Waals surface area contributed by atoms with Gasteiger partial charge in [0.05, 0.1) is 16.3 Å². The first-order valence-electron chi connectivity index (χ1n) is 7.27. The van der Waals surface area contributed by atoms with Gasteiger partial charge in [0.25, 0.3) is 5.69 Å². The van der Waals surface area contributed by atoms with Gasteiger partial charge in [-0.15, -0.1) is 0 Å². The summed E-state index contributed by atoms with van der Waals surface area (Å²) in [4.78, 5) is 35.1. The van der Waals surface area contributed by atoms with Gasteiger partial charge in [-0.05, 0) is 31.5 Å². The standard InChI is InChI=1S/C18H16ClNO4/c1-12(22)17(15-5-3-4-6-16(15)20(23)24)18(2,11-21)13-7-9-14(19)10-8-13/h3-11,17H,1-2H3. The molecule has 0 heterocycles. The maximum absolute atomic E-state index is 12.4. The third-order valence-corrected chi connectivity index (χ3v) is 4.41. The molecule has 0 amide bonds. The molecule has 0 radical (unpaired) electrons. The van der Waals surface area contributed by atoms with Gasteiger partial charge in [-0.25, -0.2) is 0 Å². The van der Waals surface area contributed by atoms with Crippen LogP contribution in [0.2, 0.25) is 5.02 Å². The van der Waals surface area contributed by atoms with E-state index in [0.29, 0.717) is 16.9 Å². The minimum absolute atomic E-state index is 0.181. The zero-order valence-electron chi connectivity index (χ0n) is 13.2. The summed E-state index contributed by atoms with van der Waals surface area (Å²) in [6.45, 7) is 2.94. The Labute approximate surface area is 144 Å². The van der Waals surface area contributed by atoms with Gasteiger partial charge in [-0.3, -0.25) is 14.9 Å². The van der Waals surface area contributed by atoms with Crippen LogP contribution in [0.15, 0.2) is 48.5 Å². The van der Waals surface area contributed by atoms with Crippen LogP contribution in [-0.2, 0) is 15.0 Å². The van der Waals surface area contributed by atoms with Crippen LogP contribution >= 0.6 is 11.6 Å². The van der Waals surface area contributed by atoms with Gasteiger partial charge in [0.2, 0.25) is 0 Å². The predicted molar refractivity (Wildman–Crippen MR) is 91.4 cm³/mol. The Balaban J connectivity index is 2.69. The van der Waals surface area contributed by atoms with E-state index in [9.17, 15) is 19.7 Å². The van der Waals surface area contributed by atoms with Gasteiger partial charge in [0.1, 0.15) is 12.1 Å². The Morgan fingerprint density at radius 1 is 1.21 bits per heavy atom. The van der Waals surface area contributed by atoms with Crippen molar-refractivity contribution in [2.75, 3.05) is 0 Å². The van der Waals surface area contributed by atoms with E-state index in [4.69, 9.17) is 11.6 Å². The maximum Gasteiger partial charge on any atom is 0.273 e. The maximum atomic E-state index is 12.4. The first-order valence-corrected chi connectivity index (χ1v) is 7.65. The molecule has 2 aromatic carbocycles. The second-order valence-electron chi connectivity index (χ2n) is 5.77. The van der Waals surface area contributed by atoms with Crippen molar-refractivity contribution in [2.24, 2.45) is 0 Å². The smallest absolute Gasteiger partial charge is 0.273 e. The lowest BCUT2D eigenvalue weighted by molar-refractivity contribution is -0.385. The van der Waals surface area contributed by atoms with Crippen molar-refractivity contribution in [3.8, 4) is 0 Å². The van der Waals surface area contributed by atoms with Gasteiger partial charge in [-0.2, -0.15) is 0 Å². The summed E-state index contributed by atoms with van der Waals surface area (Å²) in [5.74, 6) is -1.30. The number of hydrogen-bond acceptors (Lipinski definition) is 4. The highest BCUT2D eigenvalue weighted by atomic mass is 35.5. The number of ketones is 1. The summed E-state index contributed by atoms with van der Waals surface area (Å²) < 4.78 is 0. The molecule has 2 atom stereocenters. The molecule has 6 heteroatoms. The monoisotopic (exact) mass is 345 g/mol. The summed E-state index contributed by atoms with van der Waals surface area (Å²) in [5, 5.41) is 11.8. The fourth-order valence-electron chi connectivity index (χ4n) is 2.97. The van der Waals surface area contributed by atoms with E-state index in [1.807, 2.05) is 0 Å². The molecule has 0 aliphatic carbocycles. The number of para-hydroxylation sites is 1. The molecule has 2 rings (SSSR count). The Bertz CT molecular complexity index is 788. The SMILES string of the molecule is CC(=O)C(c1ccccc1[N+](=O)[O-])C(C)(C=O)c1ccc(Cl)cc1. The van der Waals surface area contributed by atoms with Gasteiger partial charge in [0.15, 0.2) is 0 Å². The van der Waals surface area contributed by atoms with Crippen LogP contribution in [0.3, 0.4) is 0 Å². The molecule has 24 heavy (non-hydrogen) atoms. The van der Waals surface area contributed by atoms with Crippen molar-refractivity contribution < 1.29 is 14.5 Å². The zero-order chi connectivity index (χ0) is 17.9. The quantitative estimate of drug-likeness (QED) is 0.449. The highest BCUT2D eigenvalue weighted by molar-refractivity contribution is 6.30. The highest BCUT2D eigenvalue weighted by Gasteiger charge is 2.42. The van der Waals surface area contributed by atoms with Crippen LogP contribution in [-0.4, -0.2) is 17.0 Å². The number of rotatable bonds is 6. The van der Waals surface area contributed by atoms with Crippen LogP contribution in [0, 0.1) is 10.1 Å². The first kappa shape index (κ1) is 17.8. The van der Waals surface area contributed by atoms with Gasteiger partial charge < -0.3 is 4.79 Å². The minimum Gasteiger partial charge on any atom is -0.302 e. The molecule has 124 valence electrons. The van der Waals surface area contributed by atoms with E-state index in [0.717, 1.165) is 0 Å². The molecule has 0 fully saturated rings. The van der Waals surface area contributed by atoms with Crippen LogP contribution in [0.1, 0.15) is 30.9 Å². The van der Waals surface area contributed by atoms with E-state index >= 15 is 0 Å². The van der Waals surface area contributed by atoms with Crippen LogP contribution in [0.25, 0.3) is 0 Å². The molecule has 0 spiro atoms. The van der Waals surface area contributed by atoms with Gasteiger partial charge in [0, 0.05) is 16.7 Å². The average Bonchev–Trinajstić information content (AvgIpc) is 2.55. The largest absolute Gasteiger partial charge is 0.302 e. The molecular weight excluding hydrogens is 330 g/mol. The minimum atomic E-state index is -1.25. The molecule has 0 saturated heterocycles. The number of Topliss-reactive ketones (excluding diaryl/α,β-unsaturated/α-hetero) is 1. The number of benzene rings is 2. The summed E-state index contributed by atoms with van der Waals surface area (Å²) in [5.41, 5.74) is -0.637. The number of hydrogen-bond donors (Lipinski definition) is 0. The predicted octanol–water partition coefficient (Wildman–Crippen LogP) is 4.08. The molecular formula is C18H16ClNO4. The van der Waals surface area contributed by atoms with Crippen molar-refractivity contribution >= 4 is 29.4 Å². The number of nitrogens with zero attached hydrogens (tertiary/aromatic N) is 1. The number of nitro benzene ring substituents is 1. The van der Waals surface area contributed by atoms with Crippen molar-refractivity contribution in [3.63, 3.8) is 0 Å². The number of carbonyl (C=O) groups excluding carboxylic acids is 2. The number of halogens is 1. The van der Waals surface area contributed by atoms with Crippen molar-refractivity contribution in [1.82, 2.24) is 0 Å². The molecule has 2 aromatic rings. The molecule has 5 nitrogen and oxygen atoms in total. The average molecular weight is 346 g/mol. The molecule has 0 aliphatic rings.